The third-order valence-corrected chi connectivity index (χ3v) is 8.30. The van der Waals surface area contributed by atoms with Crippen LogP contribution in [0.25, 0.3) is 0 Å². The average molecular weight is 553 g/mol. The molecule has 1 aliphatic heterocycles. The first-order valence-corrected chi connectivity index (χ1v) is 13.7. The number of nitrogens with zero attached hydrogens (tertiary/aromatic N) is 1. The van der Waals surface area contributed by atoms with Gasteiger partial charge in [-0.1, -0.05) is 29.3 Å². The number of hydrogen-bond donors (Lipinski definition) is 1. The summed E-state index contributed by atoms with van der Waals surface area (Å²) in [6, 6.07) is 9.09. The van der Waals surface area contributed by atoms with E-state index in [1.807, 2.05) is 39.1 Å². The highest BCUT2D eigenvalue weighted by Crippen LogP contribution is 2.50. The van der Waals surface area contributed by atoms with E-state index in [4.69, 9.17) is 27.9 Å². The number of carbonyl (C=O) groups is 3. The maximum atomic E-state index is 13.2. The number of amides is 1. The van der Waals surface area contributed by atoms with Crippen LogP contribution in [-0.2, 0) is 14.4 Å². The fraction of sp³-hybridized carbons (Fsp3) is 0.367. The van der Waals surface area contributed by atoms with Crippen molar-refractivity contribution in [3.63, 3.8) is 0 Å². The number of Topliss-reactive ketones (excluding diaryl/α,β-unsaturated/α-hetero) is 2. The molecule has 2 aliphatic carbocycles. The Morgan fingerprint density at radius 2 is 1.50 bits per heavy atom. The zero-order valence-corrected chi connectivity index (χ0v) is 23.3. The number of benzene rings is 2. The number of halogens is 2. The Morgan fingerprint density at radius 1 is 0.921 bits per heavy atom. The van der Waals surface area contributed by atoms with E-state index < -0.39 is 5.92 Å². The van der Waals surface area contributed by atoms with Crippen LogP contribution in [0.4, 0.5) is 5.69 Å². The first-order valence-electron chi connectivity index (χ1n) is 12.9. The van der Waals surface area contributed by atoms with Crippen molar-refractivity contribution in [3.05, 3.63) is 79.6 Å². The van der Waals surface area contributed by atoms with Gasteiger partial charge in [-0.2, -0.15) is 0 Å². The molecule has 2 aromatic carbocycles. The monoisotopic (exact) mass is 552 g/mol. The molecule has 8 heteroatoms. The molecule has 2 aromatic rings. The summed E-state index contributed by atoms with van der Waals surface area (Å²) in [5.41, 5.74) is 6.87. The van der Waals surface area contributed by atoms with E-state index >= 15 is 0 Å². The summed E-state index contributed by atoms with van der Waals surface area (Å²) in [6.45, 7) is 3.71. The number of anilines is 1. The molecule has 1 N–H and O–H groups in total. The maximum Gasteiger partial charge on any atom is 0.262 e. The van der Waals surface area contributed by atoms with Crippen molar-refractivity contribution < 1.29 is 19.1 Å². The van der Waals surface area contributed by atoms with Gasteiger partial charge in [0.25, 0.3) is 5.91 Å². The van der Waals surface area contributed by atoms with Crippen molar-refractivity contribution in [1.82, 2.24) is 4.90 Å². The van der Waals surface area contributed by atoms with E-state index in [2.05, 4.69) is 10.2 Å². The van der Waals surface area contributed by atoms with E-state index in [-0.39, 0.29) is 39.9 Å². The molecule has 5 rings (SSSR count). The van der Waals surface area contributed by atoms with Crippen molar-refractivity contribution in [2.24, 2.45) is 0 Å². The molecule has 3 aliphatic rings. The number of rotatable bonds is 5. The van der Waals surface area contributed by atoms with Crippen LogP contribution in [-0.4, -0.2) is 36.0 Å². The normalized spacial score (nSPS) is 18.0. The Bertz CT molecular complexity index is 1360. The molecule has 0 radical (unpaired) electrons. The number of carbonyl (C=O) groups excluding carboxylic acids is 3. The van der Waals surface area contributed by atoms with Gasteiger partial charge in [-0.25, -0.2) is 0 Å². The van der Waals surface area contributed by atoms with Crippen LogP contribution in [0.5, 0.6) is 5.75 Å². The lowest BCUT2D eigenvalue weighted by molar-refractivity contribution is -0.118. The number of nitrogens with one attached hydrogen (secondary N) is 1. The number of ketones is 2. The van der Waals surface area contributed by atoms with E-state index in [0.29, 0.717) is 35.2 Å². The summed E-state index contributed by atoms with van der Waals surface area (Å²) in [6.07, 6.45) is 4.08. The van der Waals surface area contributed by atoms with Crippen molar-refractivity contribution in [2.75, 3.05) is 19.0 Å². The van der Waals surface area contributed by atoms with Gasteiger partial charge in [0.1, 0.15) is 0 Å². The summed E-state index contributed by atoms with van der Waals surface area (Å²) in [5.74, 6) is -0.542. The van der Waals surface area contributed by atoms with Gasteiger partial charge in [-0.15, -0.1) is 0 Å². The molecule has 0 unspecified atom stereocenters. The van der Waals surface area contributed by atoms with Gasteiger partial charge in [-0.05, 0) is 80.5 Å². The lowest BCUT2D eigenvalue weighted by atomic mass is 9.71. The molecule has 0 saturated heterocycles. The van der Waals surface area contributed by atoms with Gasteiger partial charge in [-0.3, -0.25) is 14.4 Å². The fourth-order valence-corrected chi connectivity index (χ4v) is 6.34. The Labute approximate surface area is 232 Å². The third kappa shape index (κ3) is 4.87. The van der Waals surface area contributed by atoms with E-state index in [0.717, 1.165) is 48.2 Å². The number of hydrogen-bond acceptors (Lipinski definition) is 5. The molecule has 38 heavy (non-hydrogen) atoms. The van der Waals surface area contributed by atoms with Crippen molar-refractivity contribution in [2.45, 2.75) is 58.3 Å². The molecule has 0 saturated carbocycles. The highest BCUT2D eigenvalue weighted by Gasteiger charge is 2.42. The van der Waals surface area contributed by atoms with Crippen LogP contribution in [0.1, 0.15) is 61.1 Å². The Hall–Kier alpha value is -3.09. The molecular formula is C30H30Cl2N2O4. The third-order valence-electron chi connectivity index (χ3n) is 7.74. The van der Waals surface area contributed by atoms with Gasteiger partial charge in [0, 0.05) is 54.0 Å². The first-order chi connectivity index (χ1) is 18.2. The standard InChI is InChI=1S/C30H30Cl2N2O4/c1-16-10-11-19(12-17(16)2)33-26(37)15-38-30-20(31)13-18(14-21(30)32)27-28-22(6-4-8-24(28)35)34(3)23-7-5-9-25(36)29(23)27/h10-14,27H,4-9,15H2,1-3H3,(H,33,37). The predicted octanol–water partition coefficient (Wildman–Crippen LogP) is 6.67. The molecule has 1 heterocycles. The molecule has 0 spiro atoms. The molecule has 0 aromatic heterocycles. The minimum Gasteiger partial charge on any atom is -0.481 e. The molecule has 1 amide bonds. The second-order valence-electron chi connectivity index (χ2n) is 10.2. The van der Waals surface area contributed by atoms with Crippen molar-refractivity contribution in [1.29, 1.82) is 0 Å². The zero-order chi connectivity index (χ0) is 27.1. The second kappa shape index (κ2) is 10.6. The van der Waals surface area contributed by atoms with Gasteiger partial charge in [0.15, 0.2) is 23.9 Å². The zero-order valence-electron chi connectivity index (χ0n) is 21.7. The van der Waals surface area contributed by atoms with Crippen molar-refractivity contribution in [3.8, 4) is 5.75 Å². The minimum atomic E-state index is -0.506. The van der Waals surface area contributed by atoms with Crippen LogP contribution in [0.2, 0.25) is 10.0 Å². The Morgan fingerprint density at radius 3 is 2.05 bits per heavy atom. The van der Waals surface area contributed by atoms with Crippen molar-refractivity contribution >= 4 is 46.4 Å². The van der Waals surface area contributed by atoms with Crippen LogP contribution < -0.4 is 10.1 Å². The van der Waals surface area contributed by atoms with E-state index in [1.165, 1.54) is 0 Å². The molecule has 198 valence electrons. The molecule has 0 atom stereocenters. The minimum absolute atomic E-state index is 0.0589. The summed E-state index contributed by atoms with van der Waals surface area (Å²) in [7, 11) is 1.96. The van der Waals surface area contributed by atoms with Gasteiger partial charge >= 0.3 is 0 Å². The highest BCUT2D eigenvalue weighted by atomic mass is 35.5. The topological polar surface area (TPSA) is 75.7 Å². The van der Waals surface area contributed by atoms with Gasteiger partial charge in [0.2, 0.25) is 0 Å². The van der Waals surface area contributed by atoms with Crippen LogP contribution in [0, 0.1) is 13.8 Å². The summed E-state index contributed by atoms with van der Waals surface area (Å²) in [5, 5.41) is 3.26. The lowest BCUT2D eigenvalue weighted by Crippen LogP contribution is -2.37. The summed E-state index contributed by atoms with van der Waals surface area (Å²) >= 11 is 13.3. The fourth-order valence-electron chi connectivity index (χ4n) is 5.72. The highest BCUT2D eigenvalue weighted by molar-refractivity contribution is 6.37. The molecule has 6 nitrogen and oxygen atoms in total. The van der Waals surface area contributed by atoms with E-state index in [9.17, 15) is 14.4 Å². The lowest BCUT2D eigenvalue weighted by Gasteiger charge is -2.42. The summed E-state index contributed by atoms with van der Waals surface area (Å²) < 4.78 is 5.73. The van der Waals surface area contributed by atoms with Gasteiger partial charge < -0.3 is 15.0 Å². The largest absolute Gasteiger partial charge is 0.481 e. The average Bonchev–Trinajstić information content (AvgIpc) is 2.87. The van der Waals surface area contributed by atoms with Crippen LogP contribution >= 0.6 is 23.2 Å². The van der Waals surface area contributed by atoms with Gasteiger partial charge in [0.05, 0.1) is 10.0 Å². The first kappa shape index (κ1) is 26.5. The predicted molar refractivity (Wildman–Crippen MR) is 149 cm³/mol. The smallest absolute Gasteiger partial charge is 0.262 e. The molecular weight excluding hydrogens is 523 g/mol. The number of aryl methyl sites for hydroxylation is 2. The molecule has 0 fully saturated rings. The maximum absolute atomic E-state index is 13.2. The summed E-state index contributed by atoms with van der Waals surface area (Å²) in [4.78, 5) is 41.0. The molecule has 0 bridgehead atoms. The Kier molecular flexibility index (Phi) is 7.38. The number of ether oxygens (including phenoxy) is 1. The second-order valence-corrected chi connectivity index (χ2v) is 11.0. The van der Waals surface area contributed by atoms with E-state index in [1.54, 1.807) is 12.1 Å². The Balaban J connectivity index is 1.43. The van der Waals surface area contributed by atoms with Crippen LogP contribution in [0.3, 0.4) is 0 Å². The number of allylic oxidation sites excluding steroid dienone is 4. The SMILES string of the molecule is Cc1ccc(NC(=O)COc2c(Cl)cc(C3C4=C(CCCC4=O)N(C)C4=C3C(=O)CCC4)cc2Cl)cc1C. The van der Waals surface area contributed by atoms with Crippen LogP contribution in [0.15, 0.2) is 52.9 Å². The quantitative estimate of drug-likeness (QED) is 0.448.